The van der Waals surface area contributed by atoms with Gasteiger partial charge in [-0.05, 0) is 12.0 Å². The molecule has 0 spiro atoms. The Morgan fingerprint density at radius 2 is 1.90 bits per heavy atom. The second kappa shape index (κ2) is 4.59. The summed E-state index contributed by atoms with van der Waals surface area (Å²) in [6, 6.07) is 9.40. The molecule has 110 valence electrons. The summed E-state index contributed by atoms with van der Waals surface area (Å²) in [5, 5.41) is 1.68. The highest BCUT2D eigenvalue weighted by Gasteiger charge is 2.51. The topological polar surface area (TPSA) is 44.7 Å². The Morgan fingerprint density at radius 3 is 2.57 bits per heavy atom. The highest BCUT2D eigenvalue weighted by atomic mass is 19.1. The van der Waals surface area contributed by atoms with E-state index in [4.69, 9.17) is 0 Å². The molecule has 1 unspecified atom stereocenters. The number of alkyl halides is 2. The minimum Gasteiger partial charge on any atom is -0.298 e. The number of ketones is 1. The predicted octanol–water partition coefficient (Wildman–Crippen LogP) is 1.94. The summed E-state index contributed by atoms with van der Waals surface area (Å²) in [4.78, 5) is 16.2. The lowest BCUT2D eigenvalue weighted by Crippen LogP contribution is -2.42. The zero-order valence-electron chi connectivity index (χ0n) is 11.2. The van der Waals surface area contributed by atoms with Crippen molar-refractivity contribution in [3.8, 4) is 0 Å². The Balaban J connectivity index is 1.56. The third-order valence-electron chi connectivity index (χ3n) is 4.36. The second-order valence-corrected chi connectivity index (χ2v) is 5.81. The van der Waals surface area contributed by atoms with Crippen LogP contribution in [0, 0.1) is 5.92 Å². The fourth-order valence-electron chi connectivity index (χ4n) is 3.08. The van der Waals surface area contributed by atoms with Crippen LogP contribution in [-0.2, 0) is 4.79 Å². The molecule has 0 radical (unpaired) electrons. The largest absolute Gasteiger partial charge is 0.298 e. The van der Waals surface area contributed by atoms with Crippen molar-refractivity contribution in [1.82, 2.24) is 10.4 Å². The Hall–Kier alpha value is -1.82. The molecule has 1 aromatic carbocycles. The van der Waals surface area contributed by atoms with Crippen molar-refractivity contribution in [1.29, 1.82) is 0 Å². The van der Waals surface area contributed by atoms with Crippen LogP contribution < -0.4 is 5.43 Å². The van der Waals surface area contributed by atoms with E-state index in [9.17, 15) is 13.6 Å². The summed E-state index contributed by atoms with van der Waals surface area (Å²) >= 11 is 0. The van der Waals surface area contributed by atoms with E-state index < -0.39 is 24.4 Å². The van der Waals surface area contributed by atoms with E-state index >= 15 is 0 Å². The first-order chi connectivity index (χ1) is 10.1. The quantitative estimate of drug-likeness (QED) is 0.925. The highest BCUT2D eigenvalue weighted by molar-refractivity contribution is 6.40. The molecule has 2 heterocycles. The Kier molecular flexibility index (Phi) is 2.82. The first-order valence-corrected chi connectivity index (χ1v) is 7.15. The van der Waals surface area contributed by atoms with E-state index in [1.54, 1.807) is 5.01 Å². The normalized spacial score (nSPS) is 37.8. The standard InChI is InChI=1S/C15H15F2N3O/c16-10-6-9(10)13(21)14-18-15-11(17)7-12(20(15)19-14)8-4-2-1-3-5-8/h1-5,9-12,15H,6-7H2,(H,18,19)/t9-,10-,11-,12-,15?/m1/s1. The molecular formula is C15H15F2N3O. The molecular weight excluding hydrogens is 276 g/mol. The zero-order valence-corrected chi connectivity index (χ0v) is 11.2. The number of rotatable bonds is 3. The van der Waals surface area contributed by atoms with Crippen LogP contribution in [0.15, 0.2) is 35.3 Å². The number of nitrogens with zero attached hydrogens (tertiary/aromatic N) is 2. The second-order valence-electron chi connectivity index (χ2n) is 5.81. The van der Waals surface area contributed by atoms with Crippen LogP contribution in [-0.4, -0.2) is 35.1 Å². The summed E-state index contributed by atoms with van der Waals surface area (Å²) in [7, 11) is 0. The number of nitrogens with one attached hydrogen (secondary N) is 1. The molecule has 0 aromatic heterocycles. The number of halogens is 2. The van der Waals surface area contributed by atoms with Gasteiger partial charge in [0.2, 0.25) is 5.78 Å². The summed E-state index contributed by atoms with van der Waals surface area (Å²) in [5.74, 6) is -0.825. The lowest BCUT2D eigenvalue weighted by Gasteiger charge is -2.23. The maximum atomic E-state index is 14.2. The molecule has 1 N–H and O–H groups in total. The van der Waals surface area contributed by atoms with Crippen molar-refractivity contribution in [3.05, 3.63) is 35.9 Å². The van der Waals surface area contributed by atoms with Crippen molar-refractivity contribution >= 4 is 11.6 Å². The average Bonchev–Trinajstić information content (AvgIpc) is 2.95. The van der Waals surface area contributed by atoms with Gasteiger partial charge in [0.15, 0.2) is 12.0 Å². The first-order valence-electron chi connectivity index (χ1n) is 7.15. The maximum Gasteiger partial charge on any atom is 0.204 e. The predicted molar refractivity (Wildman–Crippen MR) is 72.9 cm³/mol. The molecule has 0 amide bonds. The molecule has 1 saturated heterocycles. The summed E-state index contributed by atoms with van der Waals surface area (Å²) < 4.78 is 27.2. The molecule has 0 bridgehead atoms. The van der Waals surface area contributed by atoms with Crippen LogP contribution >= 0.6 is 0 Å². The molecule has 4 rings (SSSR count). The number of carbonyl (C=O) groups excluding carboxylic acids is 1. The van der Waals surface area contributed by atoms with Crippen LogP contribution in [0.2, 0.25) is 0 Å². The van der Waals surface area contributed by atoms with E-state index in [1.165, 1.54) is 0 Å². The number of benzene rings is 1. The van der Waals surface area contributed by atoms with Gasteiger partial charge < -0.3 is 0 Å². The Morgan fingerprint density at radius 1 is 1.19 bits per heavy atom. The van der Waals surface area contributed by atoms with Gasteiger partial charge in [-0.25, -0.2) is 13.8 Å². The summed E-state index contributed by atoms with van der Waals surface area (Å²) in [6.07, 6.45) is -2.30. The number of amidine groups is 1. The van der Waals surface area contributed by atoms with Gasteiger partial charge in [-0.3, -0.25) is 10.2 Å². The number of fused-ring (bicyclic) bond motifs is 1. The van der Waals surface area contributed by atoms with E-state index in [-0.39, 0.29) is 24.1 Å². The van der Waals surface area contributed by atoms with Crippen LogP contribution in [0.25, 0.3) is 0 Å². The molecule has 6 heteroatoms. The van der Waals surface area contributed by atoms with E-state index in [2.05, 4.69) is 10.4 Å². The van der Waals surface area contributed by atoms with E-state index in [1.807, 2.05) is 30.3 Å². The maximum absolute atomic E-state index is 14.2. The fraction of sp³-hybridized carbons (Fsp3) is 0.467. The van der Waals surface area contributed by atoms with Gasteiger partial charge in [-0.1, -0.05) is 30.3 Å². The molecule has 5 atom stereocenters. The molecule has 3 aliphatic rings. The lowest BCUT2D eigenvalue weighted by molar-refractivity contribution is -0.114. The fourth-order valence-corrected chi connectivity index (χ4v) is 3.08. The van der Waals surface area contributed by atoms with Crippen LogP contribution in [0.5, 0.6) is 0 Å². The highest BCUT2D eigenvalue weighted by Crippen LogP contribution is 2.40. The molecule has 1 aliphatic carbocycles. The van der Waals surface area contributed by atoms with Crippen LogP contribution in [0.4, 0.5) is 8.78 Å². The van der Waals surface area contributed by atoms with Crippen molar-refractivity contribution in [2.24, 2.45) is 10.9 Å². The number of hydrazine groups is 1. The molecule has 1 aromatic rings. The Bertz CT molecular complexity index is 606. The average molecular weight is 291 g/mol. The minimum absolute atomic E-state index is 0.105. The Labute approximate surface area is 120 Å². The molecule has 2 aliphatic heterocycles. The molecule has 1 saturated carbocycles. The third kappa shape index (κ3) is 2.05. The van der Waals surface area contributed by atoms with Crippen molar-refractivity contribution in [2.45, 2.75) is 37.4 Å². The van der Waals surface area contributed by atoms with E-state index in [0.717, 1.165) is 5.56 Å². The number of carbonyl (C=O) groups is 1. The van der Waals surface area contributed by atoms with Crippen LogP contribution in [0.1, 0.15) is 24.4 Å². The van der Waals surface area contributed by atoms with Gasteiger partial charge in [0.25, 0.3) is 0 Å². The lowest BCUT2D eigenvalue weighted by atomic mass is 10.0. The van der Waals surface area contributed by atoms with Gasteiger partial charge in [0.05, 0.1) is 12.0 Å². The van der Waals surface area contributed by atoms with Crippen molar-refractivity contribution < 1.29 is 13.6 Å². The van der Waals surface area contributed by atoms with Gasteiger partial charge in [-0.15, -0.1) is 0 Å². The number of aliphatic imine (C=N–C) groups is 1. The summed E-state index contributed by atoms with van der Waals surface area (Å²) in [6.45, 7) is 0. The molecule has 21 heavy (non-hydrogen) atoms. The number of Topliss-reactive ketones (excluding diaryl/α,β-unsaturated/α-hetero) is 1. The van der Waals surface area contributed by atoms with Gasteiger partial charge in [0.1, 0.15) is 12.3 Å². The SMILES string of the molecule is O=C(C1=NC2[C@H](F)C[C@H](c3ccccc3)N2N1)[C@@H]1C[C@H]1F. The van der Waals surface area contributed by atoms with Gasteiger partial charge in [-0.2, -0.15) is 5.01 Å². The van der Waals surface area contributed by atoms with Gasteiger partial charge in [0, 0.05) is 6.42 Å². The van der Waals surface area contributed by atoms with Gasteiger partial charge >= 0.3 is 0 Å². The molecule has 4 nitrogen and oxygen atoms in total. The van der Waals surface area contributed by atoms with Crippen molar-refractivity contribution in [3.63, 3.8) is 0 Å². The van der Waals surface area contributed by atoms with E-state index in [0.29, 0.717) is 6.42 Å². The molecule has 2 fully saturated rings. The minimum atomic E-state index is -1.13. The number of hydrogen-bond donors (Lipinski definition) is 1. The third-order valence-corrected chi connectivity index (χ3v) is 4.36. The van der Waals surface area contributed by atoms with Crippen LogP contribution in [0.3, 0.4) is 0 Å². The number of hydrogen-bond acceptors (Lipinski definition) is 4. The van der Waals surface area contributed by atoms with Crippen molar-refractivity contribution in [2.75, 3.05) is 0 Å². The zero-order chi connectivity index (χ0) is 14.6. The summed E-state index contributed by atoms with van der Waals surface area (Å²) in [5.41, 5.74) is 3.88. The first kappa shape index (κ1) is 12.9. The monoisotopic (exact) mass is 291 g/mol. The smallest absolute Gasteiger partial charge is 0.204 e.